The molecule has 0 heterocycles. The maximum atomic E-state index is 12.0. The summed E-state index contributed by atoms with van der Waals surface area (Å²) in [6, 6.07) is -1.57. The van der Waals surface area contributed by atoms with Gasteiger partial charge < -0.3 is 20.1 Å². The summed E-state index contributed by atoms with van der Waals surface area (Å²) in [5, 5.41) is 5.09. The monoisotopic (exact) mass is 408 g/mol. The van der Waals surface area contributed by atoms with E-state index in [1.54, 1.807) is 27.7 Å². The van der Waals surface area contributed by atoms with E-state index in [0.717, 1.165) is 0 Å². The van der Waals surface area contributed by atoms with Crippen LogP contribution < -0.4 is 10.6 Å². The molecule has 0 aliphatic rings. The number of esters is 2. The Kier molecular flexibility index (Phi) is 12.2. The highest BCUT2D eigenvalue weighted by Crippen LogP contribution is 2.24. The number of hydrogen-bond donors (Lipinski definition) is 2. The van der Waals surface area contributed by atoms with Gasteiger partial charge in [-0.2, -0.15) is 0 Å². The first-order chi connectivity index (χ1) is 12.0. The van der Waals surface area contributed by atoms with Crippen molar-refractivity contribution >= 4 is 45.3 Å². The smallest absolute Gasteiger partial charge is 0.329 e. The van der Waals surface area contributed by atoms with Crippen LogP contribution in [-0.2, 0) is 28.7 Å². The molecule has 0 aromatic carbocycles. The molecular formula is C16H28N2O6S2. The van der Waals surface area contributed by atoms with Gasteiger partial charge >= 0.3 is 11.9 Å². The molecule has 0 aliphatic carbocycles. The van der Waals surface area contributed by atoms with Crippen molar-refractivity contribution in [3.63, 3.8) is 0 Å². The maximum Gasteiger partial charge on any atom is 0.329 e. The molecule has 0 rings (SSSR count). The Morgan fingerprint density at radius 2 is 1.04 bits per heavy atom. The SMILES string of the molecule is CC(=O)NC(CSSCC(NC(C)=O)C(=O)OC(C)C)C(=O)OC(C)C. The van der Waals surface area contributed by atoms with E-state index in [-0.39, 0.29) is 35.5 Å². The summed E-state index contributed by atoms with van der Waals surface area (Å²) in [7, 11) is 2.58. The quantitative estimate of drug-likeness (QED) is 0.299. The van der Waals surface area contributed by atoms with Gasteiger partial charge in [-0.1, -0.05) is 21.6 Å². The van der Waals surface area contributed by atoms with Gasteiger partial charge in [0.25, 0.3) is 0 Å². The second kappa shape index (κ2) is 12.9. The fraction of sp³-hybridized carbons (Fsp3) is 0.750. The van der Waals surface area contributed by atoms with Crippen molar-refractivity contribution in [3.8, 4) is 0 Å². The Balaban J connectivity index is 4.59. The summed E-state index contributed by atoms with van der Waals surface area (Å²) >= 11 is 0. The van der Waals surface area contributed by atoms with Gasteiger partial charge in [0.1, 0.15) is 12.1 Å². The molecule has 0 radical (unpaired) electrons. The summed E-state index contributed by atoms with van der Waals surface area (Å²) in [4.78, 5) is 46.5. The number of rotatable bonds is 11. The Hall–Kier alpha value is -1.42. The molecule has 0 aliphatic heterocycles. The van der Waals surface area contributed by atoms with Crippen molar-refractivity contribution in [2.75, 3.05) is 11.5 Å². The zero-order valence-electron chi connectivity index (χ0n) is 16.0. The zero-order valence-corrected chi connectivity index (χ0v) is 17.6. The van der Waals surface area contributed by atoms with Gasteiger partial charge in [-0.25, -0.2) is 9.59 Å². The molecular weight excluding hydrogens is 380 g/mol. The van der Waals surface area contributed by atoms with Gasteiger partial charge in [0.2, 0.25) is 11.8 Å². The molecule has 2 atom stereocenters. The number of carbonyl (C=O) groups is 4. The lowest BCUT2D eigenvalue weighted by Crippen LogP contribution is -2.44. The van der Waals surface area contributed by atoms with Gasteiger partial charge in [0.05, 0.1) is 12.2 Å². The van der Waals surface area contributed by atoms with E-state index in [1.807, 2.05) is 0 Å². The molecule has 26 heavy (non-hydrogen) atoms. The van der Waals surface area contributed by atoms with Crippen LogP contribution in [0.2, 0.25) is 0 Å². The predicted molar refractivity (Wildman–Crippen MR) is 103 cm³/mol. The van der Waals surface area contributed by atoms with E-state index < -0.39 is 24.0 Å². The van der Waals surface area contributed by atoms with Crippen molar-refractivity contribution in [1.29, 1.82) is 0 Å². The molecule has 0 aromatic rings. The highest BCUT2D eigenvalue weighted by molar-refractivity contribution is 8.76. The van der Waals surface area contributed by atoms with Gasteiger partial charge in [-0.15, -0.1) is 0 Å². The normalized spacial score (nSPS) is 13.1. The van der Waals surface area contributed by atoms with Crippen molar-refractivity contribution in [2.45, 2.75) is 65.8 Å². The molecule has 8 nitrogen and oxygen atoms in total. The van der Waals surface area contributed by atoms with Crippen molar-refractivity contribution in [2.24, 2.45) is 0 Å². The van der Waals surface area contributed by atoms with E-state index in [9.17, 15) is 19.2 Å². The molecule has 0 saturated carbocycles. The molecule has 2 N–H and O–H groups in total. The highest BCUT2D eigenvalue weighted by atomic mass is 33.1. The molecule has 2 amide bonds. The molecule has 0 bridgehead atoms. The number of nitrogens with one attached hydrogen (secondary N) is 2. The predicted octanol–water partition coefficient (Wildman–Crippen LogP) is 1.28. The standard InChI is InChI=1S/C16H28N2O6S2/c1-9(2)23-15(21)13(17-11(5)19)7-25-26-8-14(18-12(6)20)16(22)24-10(3)4/h9-10,13-14H,7-8H2,1-6H3,(H,17,19)(H,18,20). The molecule has 0 aromatic heterocycles. The molecule has 10 heteroatoms. The fourth-order valence-electron chi connectivity index (χ4n) is 1.69. The van der Waals surface area contributed by atoms with Crippen LogP contribution in [-0.4, -0.2) is 59.6 Å². The van der Waals surface area contributed by atoms with Crippen LogP contribution in [0.15, 0.2) is 0 Å². The van der Waals surface area contributed by atoms with E-state index in [1.165, 1.54) is 35.4 Å². The number of amides is 2. The van der Waals surface area contributed by atoms with Gasteiger partial charge in [-0.3, -0.25) is 9.59 Å². The highest BCUT2D eigenvalue weighted by Gasteiger charge is 2.25. The topological polar surface area (TPSA) is 111 Å². The lowest BCUT2D eigenvalue weighted by atomic mass is 10.3. The first kappa shape index (κ1) is 24.6. The lowest BCUT2D eigenvalue weighted by Gasteiger charge is -2.19. The summed E-state index contributed by atoms with van der Waals surface area (Å²) < 4.78 is 10.2. The first-order valence-corrected chi connectivity index (χ1v) is 10.7. The average Bonchev–Trinajstić information content (AvgIpc) is 2.46. The maximum absolute atomic E-state index is 12.0. The van der Waals surface area contributed by atoms with Crippen LogP contribution in [0.25, 0.3) is 0 Å². The largest absolute Gasteiger partial charge is 0.461 e. The second-order valence-corrected chi connectivity index (χ2v) is 8.60. The van der Waals surface area contributed by atoms with Crippen LogP contribution in [0.4, 0.5) is 0 Å². The Morgan fingerprint density at radius 3 is 1.27 bits per heavy atom. The van der Waals surface area contributed by atoms with E-state index >= 15 is 0 Å². The number of hydrogen-bond acceptors (Lipinski definition) is 8. The average molecular weight is 409 g/mol. The third-order valence-electron chi connectivity index (χ3n) is 2.58. The minimum Gasteiger partial charge on any atom is -0.461 e. The van der Waals surface area contributed by atoms with Crippen LogP contribution in [0.1, 0.15) is 41.5 Å². The van der Waals surface area contributed by atoms with Gasteiger partial charge in [-0.05, 0) is 27.7 Å². The number of carbonyl (C=O) groups excluding carboxylic acids is 4. The first-order valence-electron chi connectivity index (χ1n) is 8.22. The lowest BCUT2D eigenvalue weighted by molar-refractivity contribution is -0.151. The number of ether oxygens (including phenoxy) is 2. The molecule has 2 unspecified atom stereocenters. The molecule has 0 spiro atoms. The Morgan fingerprint density at radius 1 is 0.731 bits per heavy atom. The van der Waals surface area contributed by atoms with Crippen LogP contribution in [0, 0.1) is 0 Å². The molecule has 150 valence electrons. The van der Waals surface area contributed by atoms with Crippen molar-refractivity contribution < 1.29 is 28.7 Å². The fourth-order valence-corrected chi connectivity index (χ4v) is 3.99. The second-order valence-electron chi connectivity index (χ2n) is 6.05. The third kappa shape index (κ3) is 12.0. The van der Waals surface area contributed by atoms with Crippen molar-refractivity contribution in [1.82, 2.24) is 10.6 Å². The van der Waals surface area contributed by atoms with Gasteiger partial charge in [0.15, 0.2) is 0 Å². The Bertz CT molecular complexity index is 455. The minimum absolute atomic E-state index is 0.266. The van der Waals surface area contributed by atoms with Gasteiger partial charge in [0, 0.05) is 25.4 Å². The van der Waals surface area contributed by atoms with Crippen LogP contribution in [0.3, 0.4) is 0 Å². The van der Waals surface area contributed by atoms with Crippen LogP contribution >= 0.6 is 21.6 Å². The minimum atomic E-state index is -0.783. The van der Waals surface area contributed by atoms with E-state index in [4.69, 9.17) is 9.47 Å². The summed E-state index contributed by atoms with van der Waals surface area (Å²) in [6.45, 7) is 9.54. The van der Waals surface area contributed by atoms with Crippen LogP contribution in [0.5, 0.6) is 0 Å². The van der Waals surface area contributed by atoms with E-state index in [0.29, 0.717) is 0 Å². The molecule has 0 saturated heterocycles. The summed E-state index contributed by atoms with van der Waals surface area (Å²) in [5.41, 5.74) is 0. The summed E-state index contributed by atoms with van der Waals surface area (Å²) in [5.74, 6) is -1.17. The Labute approximate surface area is 162 Å². The van der Waals surface area contributed by atoms with Crippen molar-refractivity contribution in [3.05, 3.63) is 0 Å². The zero-order chi connectivity index (χ0) is 20.3. The molecule has 0 fully saturated rings. The van der Waals surface area contributed by atoms with E-state index in [2.05, 4.69) is 10.6 Å². The summed E-state index contributed by atoms with van der Waals surface area (Å²) in [6.07, 6.45) is -0.572. The third-order valence-corrected chi connectivity index (χ3v) is 5.00.